The first-order valence-electron chi connectivity index (χ1n) is 8.12. The standard InChI is InChI=1S/C17H25N3O/c21-17(14-19-11-5-9-18-10-13-19)20-12-4-8-16(20)15-6-2-1-3-7-15/h1-3,6-7,16,18H,4-5,8-14H2. The van der Waals surface area contributed by atoms with Crippen LogP contribution in [0.15, 0.2) is 30.3 Å². The minimum absolute atomic E-state index is 0.281. The molecule has 2 saturated heterocycles. The molecule has 114 valence electrons. The third-order valence-electron chi connectivity index (χ3n) is 4.55. The number of nitrogens with zero attached hydrogens (tertiary/aromatic N) is 2. The van der Waals surface area contributed by atoms with Crippen LogP contribution in [0, 0.1) is 0 Å². The SMILES string of the molecule is O=C(CN1CCCNCC1)N1CCCC1c1ccccc1. The third kappa shape index (κ3) is 3.63. The Labute approximate surface area is 127 Å². The number of carbonyl (C=O) groups excluding carboxylic acids is 1. The summed E-state index contributed by atoms with van der Waals surface area (Å²) in [6, 6.07) is 10.7. The Hall–Kier alpha value is -1.39. The van der Waals surface area contributed by atoms with Gasteiger partial charge in [0.2, 0.25) is 5.91 Å². The number of rotatable bonds is 3. The van der Waals surface area contributed by atoms with Gasteiger partial charge in [0.25, 0.3) is 0 Å². The molecule has 1 amide bonds. The number of hydrogen-bond donors (Lipinski definition) is 1. The second-order valence-electron chi connectivity index (χ2n) is 6.04. The molecule has 0 radical (unpaired) electrons. The quantitative estimate of drug-likeness (QED) is 0.918. The van der Waals surface area contributed by atoms with E-state index in [-0.39, 0.29) is 6.04 Å². The number of nitrogens with one attached hydrogen (secondary N) is 1. The molecule has 1 aromatic carbocycles. The van der Waals surface area contributed by atoms with Gasteiger partial charge in [0.1, 0.15) is 0 Å². The highest BCUT2D eigenvalue weighted by Gasteiger charge is 2.30. The van der Waals surface area contributed by atoms with Crippen LogP contribution in [0.4, 0.5) is 0 Å². The average molecular weight is 287 g/mol. The Balaban J connectivity index is 1.63. The highest BCUT2D eigenvalue weighted by atomic mass is 16.2. The molecule has 0 aliphatic carbocycles. The van der Waals surface area contributed by atoms with Gasteiger partial charge in [-0.2, -0.15) is 0 Å². The van der Waals surface area contributed by atoms with E-state index in [9.17, 15) is 4.79 Å². The van der Waals surface area contributed by atoms with Gasteiger partial charge < -0.3 is 10.2 Å². The second kappa shape index (κ2) is 7.05. The van der Waals surface area contributed by atoms with Crippen molar-refractivity contribution in [1.29, 1.82) is 0 Å². The van der Waals surface area contributed by atoms with Gasteiger partial charge in [0, 0.05) is 19.6 Å². The summed E-state index contributed by atoms with van der Waals surface area (Å²) >= 11 is 0. The number of benzene rings is 1. The fraction of sp³-hybridized carbons (Fsp3) is 0.588. The molecule has 0 bridgehead atoms. The maximum atomic E-state index is 12.7. The molecule has 2 heterocycles. The van der Waals surface area contributed by atoms with E-state index >= 15 is 0 Å². The van der Waals surface area contributed by atoms with Crippen molar-refractivity contribution in [2.24, 2.45) is 0 Å². The first-order chi connectivity index (χ1) is 10.3. The van der Waals surface area contributed by atoms with Crippen LogP contribution in [-0.4, -0.2) is 55.0 Å². The molecule has 2 aliphatic heterocycles. The van der Waals surface area contributed by atoms with Crippen molar-refractivity contribution in [3.63, 3.8) is 0 Å². The lowest BCUT2D eigenvalue weighted by Gasteiger charge is -2.28. The topological polar surface area (TPSA) is 35.6 Å². The van der Waals surface area contributed by atoms with E-state index in [1.165, 1.54) is 5.56 Å². The van der Waals surface area contributed by atoms with Crippen LogP contribution in [0.2, 0.25) is 0 Å². The number of carbonyl (C=O) groups is 1. The molecular formula is C17H25N3O. The average Bonchev–Trinajstić information content (AvgIpc) is 2.87. The molecule has 0 saturated carbocycles. The number of likely N-dealkylation sites (tertiary alicyclic amines) is 1. The van der Waals surface area contributed by atoms with E-state index in [1.54, 1.807) is 0 Å². The minimum atomic E-state index is 0.281. The molecule has 2 fully saturated rings. The lowest BCUT2D eigenvalue weighted by atomic mass is 10.0. The zero-order valence-corrected chi connectivity index (χ0v) is 12.6. The zero-order valence-electron chi connectivity index (χ0n) is 12.6. The predicted octanol–water partition coefficient (Wildman–Crippen LogP) is 1.65. The van der Waals surface area contributed by atoms with Crippen LogP contribution in [0.5, 0.6) is 0 Å². The van der Waals surface area contributed by atoms with Gasteiger partial charge in [0.05, 0.1) is 12.6 Å². The lowest BCUT2D eigenvalue weighted by Crippen LogP contribution is -2.41. The molecule has 1 N–H and O–H groups in total. The Bertz CT molecular complexity index is 454. The molecule has 0 spiro atoms. The Morgan fingerprint density at radius 1 is 1.10 bits per heavy atom. The fourth-order valence-corrected chi connectivity index (χ4v) is 3.43. The van der Waals surface area contributed by atoms with Gasteiger partial charge in [0.15, 0.2) is 0 Å². The molecule has 4 nitrogen and oxygen atoms in total. The summed E-state index contributed by atoms with van der Waals surface area (Å²) < 4.78 is 0. The van der Waals surface area contributed by atoms with Gasteiger partial charge >= 0.3 is 0 Å². The van der Waals surface area contributed by atoms with E-state index in [4.69, 9.17) is 0 Å². The molecule has 0 aromatic heterocycles. The second-order valence-corrected chi connectivity index (χ2v) is 6.04. The molecule has 1 aromatic rings. The van der Waals surface area contributed by atoms with Crippen molar-refractivity contribution in [3.8, 4) is 0 Å². The summed E-state index contributed by atoms with van der Waals surface area (Å²) in [5.41, 5.74) is 1.28. The molecule has 1 atom stereocenters. The van der Waals surface area contributed by atoms with Crippen LogP contribution in [0.3, 0.4) is 0 Å². The predicted molar refractivity (Wildman–Crippen MR) is 84.1 cm³/mol. The molecule has 3 rings (SSSR count). The highest BCUT2D eigenvalue weighted by molar-refractivity contribution is 5.79. The van der Waals surface area contributed by atoms with Crippen LogP contribution >= 0.6 is 0 Å². The van der Waals surface area contributed by atoms with Crippen LogP contribution in [0.1, 0.15) is 30.9 Å². The zero-order chi connectivity index (χ0) is 14.5. The summed E-state index contributed by atoms with van der Waals surface area (Å²) in [6.07, 6.45) is 3.35. The summed E-state index contributed by atoms with van der Waals surface area (Å²) in [6.45, 7) is 5.56. The number of amides is 1. The van der Waals surface area contributed by atoms with Gasteiger partial charge in [-0.1, -0.05) is 30.3 Å². The van der Waals surface area contributed by atoms with Gasteiger partial charge in [-0.15, -0.1) is 0 Å². The first-order valence-corrected chi connectivity index (χ1v) is 8.12. The van der Waals surface area contributed by atoms with Crippen molar-refractivity contribution in [2.75, 3.05) is 39.3 Å². The molecule has 21 heavy (non-hydrogen) atoms. The van der Waals surface area contributed by atoms with E-state index in [2.05, 4.69) is 39.4 Å². The molecule has 1 unspecified atom stereocenters. The maximum absolute atomic E-state index is 12.7. The van der Waals surface area contributed by atoms with E-state index < -0.39 is 0 Å². The highest BCUT2D eigenvalue weighted by Crippen LogP contribution is 2.31. The van der Waals surface area contributed by atoms with E-state index in [0.29, 0.717) is 12.5 Å². The summed E-state index contributed by atoms with van der Waals surface area (Å²) in [7, 11) is 0. The monoisotopic (exact) mass is 287 g/mol. The first kappa shape index (κ1) is 14.5. The summed E-state index contributed by atoms with van der Waals surface area (Å²) in [4.78, 5) is 17.1. The largest absolute Gasteiger partial charge is 0.335 e. The summed E-state index contributed by atoms with van der Waals surface area (Å²) in [5, 5.41) is 3.39. The van der Waals surface area contributed by atoms with Crippen LogP contribution in [0.25, 0.3) is 0 Å². The summed E-state index contributed by atoms with van der Waals surface area (Å²) in [5.74, 6) is 0.295. The van der Waals surface area contributed by atoms with Crippen molar-refractivity contribution in [1.82, 2.24) is 15.1 Å². The maximum Gasteiger partial charge on any atom is 0.237 e. The molecule has 2 aliphatic rings. The van der Waals surface area contributed by atoms with Crippen molar-refractivity contribution in [2.45, 2.75) is 25.3 Å². The van der Waals surface area contributed by atoms with Crippen LogP contribution in [-0.2, 0) is 4.79 Å². The smallest absolute Gasteiger partial charge is 0.237 e. The number of hydrogen-bond acceptors (Lipinski definition) is 3. The molecule has 4 heteroatoms. The minimum Gasteiger partial charge on any atom is -0.335 e. The van der Waals surface area contributed by atoms with Crippen molar-refractivity contribution >= 4 is 5.91 Å². The fourth-order valence-electron chi connectivity index (χ4n) is 3.43. The Morgan fingerprint density at radius 2 is 1.95 bits per heavy atom. The van der Waals surface area contributed by atoms with Crippen molar-refractivity contribution in [3.05, 3.63) is 35.9 Å². The van der Waals surface area contributed by atoms with E-state index in [1.807, 2.05) is 6.07 Å². The third-order valence-corrected chi connectivity index (χ3v) is 4.55. The van der Waals surface area contributed by atoms with Crippen molar-refractivity contribution < 1.29 is 4.79 Å². The van der Waals surface area contributed by atoms with Gasteiger partial charge in [-0.3, -0.25) is 9.69 Å². The normalized spacial score (nSPS) is 24.0. The van der Waals surface area contributed by atoms with Gasteiger partial charge in [-0.05, 0) is 37.9 Å². The lowest BCUT2D eigenvalue weighted by molar-refractivity contribution is -0.133. The molecular weight excluding hydrogens is 262 g/mol. The Morgan fingerprint density at radius 3 is 2.81 bits per heavy atom. The van der Waals surface area contributed by atoms with Crippen LogP contribution < -0.4 is 5.32 Å². The Kier molecular flexibility index (Phi) is 4.88. The van der Waals surface area contributed by atoms with Gasteiger partial charge in [-0.25, -0.2) is 0 Å². The van der Waals surface area contributed by atoms with E-state index in [0.717, 1.165) is 52.0 Å².